The normalized spacial score (nSPS) is 12.4. The Labute approximate surface area is 359 Å². The molecule has 0 saturated heterocycles. The molecule has 1 aliphatic heterocycles. The highest BCUT2D eigenvalue weighted by Crippen LogP contribution is 2.45. The van der Waals surface area contributed by atoms with Crippen LogP contribution in [-0.4, -0.2) is 21.1 Å². The van der Waals surface area contributed by atoms with Crippen LogP contribution >= 0.6 is 0 Å². The molecule has 0 aliphatic carbocycles. The smallest absolute Gasteiger partial charge is 0.421 e. The fraction of sp³-hybridized carbons (Fsp3) is 0. The Morgan fingerprint density at radius 3 is 1.89 bits per heavy atom. The highest BCUT2D eigenvalue weighted by molar-refractivity contribution is 6.84. The third-order valence-corrected chi connectivity index (χ3v) is 11.8. The molecule has 0 radical (unpaired) electrons. The Morgan fingerprint density at radius 1 is 0.484 bits per heavy atom. The van der Waals surface area contributed by atoms with Gasteiger partial charge in [-0.3, -0.25) is 9.13 Å². The number of aromatic nitrogens is 4. The molecule has 0 atom stereocenters. The van der Waals surface area contributed by atoms with Crippen molar-refractivity contribution in [1.82, 2.24) is 14.1 Å². The van der Waals surface area contributed by atoms with Gasteiger partial charge in [-0.2, -0.15) is 0 Å². The summed E-state index contributed by atoms with van der Waals surface area (Å²) in [5.74, 6) is 2.32. The van der Waals surface area contributed by atoms with Crippen LogP contribution in [-0.2, 0) is 0 Å². The summed E-state index contributed by atoms with van der Waals surface area (Å²) in [4.78, 5) is 9.62. The highest BCUT2D eigenvalue weighted by Gasteiger charge is 2.44. The van der Waals surface area contributed by atoms with Gasteiger partial charge in [0.15, 0.2) is 0 Å². The van der Waals surface area contributed by atoms with Crippen molar-refractivity contribution in [1.29, 1.82) is 0 Å². The van der Waals surface area contributed by atoms with Crippen LogP contribution in [0.2, 0.25) is 0 Å². The predicted octanol–water partition coefficient (Wildman–Crippen LogP) is 11.7. The van der Waals surface area contributed by atoms with E-state index in [0.29, 0.717) is 5.75 Å². The molecule has 0 spiro atoms. The summed E-state index contributed by atoms with van der Waals surface area (Å²) < 4.78 is 13.4. The molecule has 0 amide bonds. The van der Waals surface area contributed by atoms with E-state index in [2.05, 4.69) is 224 Å². The van der Waals surface area contributed by atoms with Gasteiger partial charge in [0.05, 0.1) is 39.1 Å². The molecule has 11 aromatic rings. The lowest BCUT2D eigenvalue weighted by atomic mass is 9.64. The summed E-state index contributed by atoms with van der Waals surface area (Å²) in [5.41, 5.74) is 11.7. The maximum Gasteiger partial charge on any atom is 0.421 e. The summed E-state index contributed by atoms with van der Waals surface area (Å²) in [6.07, 6.45) is 5.63. The summed E-state index contributed by atoms with van der Waals surface area (Å²) in [6.45, 7) is -0.175. The number of ether oxygens (including phenoxy) is 1. The number of para-hydroxylation sites is 6. The second kappa shape index (κ2) is 14.7. The second-order valence-corrected chi connectivity index (χ2v) is 15.4. The Morgan fingerprint density at radius 2 is 1.10 bits per heavy atom. The second-order valence-electron chi connectivity index (χ2n) is 15.4. The summed E-state index contributed by atoms with van der Waals surface area (Å²) in [5, 5.41) is 2.40. The lowest BCUT2D eigenvalue weighted by Crippen LogP contribution is -2.53. The fourth-order valence-electron chi connectivity index (χ4n) is 9.16. The monoisotopic (exact) mass is 796 g/mol. The first kappa shape index (κ1) is 35.6. The van der Waals surface area contributed by atoms with Crippen molar-refractivity contribution >= 4 is 68.2 Å². The highest BCUT2D eigenvalue weighted by atomic mass is 16.5. The molecular formula is C54H37BN6O. The topological polar surface area (TPSA) is 42.3 Å². The molecule has 1 aliphatic rings. The molecule has 292 valence electrons. The van der Waals surface area contributed by atoms with E-state index in [-0.39, 0.29) is 6.98 Å². The molecule has 0 unspecified atom stereocenters. The zero-order valence-corrected chi connectivity index (χ0v) is 33.5. The molecule has 4 heterocycles. The molecule has 0 N–H and O–H groups in total. The number of hydrogen-bond donors (Lipinski definition) is 0. The Bertz CT molecular complexity index is 3420. The Hall–Kier alpha value is -8.36. The van der Waals surface area contributed by atoms with E-state index in [4.69, 9.17) is 9.72 Å². The number of hydrogen-bond acceptors (Lipinski definition) is 4. The van der Waals surface area contributed by atoms with E-state index >= 15 is 0 Å². The predicted molar refractivity (Wildman–Crippen MR) is 251 cm³/mol. The van der Waals surface area contributed by atoms with Crippen molar-refractivity contribution in [2.24, 2.45) is 0 Å². The fourth-order valence-corrected chi connectivity index (χ4v) is 9.16. The van der Waals surface area contributed by atoms with Gasteiger partial charge in [-0.05, 0) is 84.3 Å². The molecule has 0 saturated carbocycles. The van der Waals surface area contributed by atoms with Gasteiger partial charge in [-0.1, -0.05) is 133 Å². The van der Waals surface area contributed by atoms with Gasteiger partial charge in [0.25, 0.3) is 6.33 Å². The molecular weight excluding hydrogens is 759 g/mol. The minimum absolute atomic E-state index is 0.175. The van der Waals surface area contributed by atoms with Crippen molar-refractivity contribution in [2.45, 2.75) is 0 Å². The average molecular weight is 797 g/mol. The largest absolute Gasteiger partial charge is 0.458 e. The molecule has 7 nitrogen and oxygen atoms in total. The third-order valence-electron chi connectivity index (χ3n) is 11.8. The van der Waals surface area contributed by atoms with E-state index in [1.165, 1.54) is 10.8 Å². The number of pyridine rings is 1. The summed E-state index contributed by atoms with van der Waals surface area (Å²) >= 11 is 0. The van der Waals surface area contributed by atoms with E-state index in [1.54, 1.807) is 0 Å². The van der Waals surface area contributed by atoms with Crippen LogP contribution in [0.3, 0.4) is 0 Å². The Balaban J connectivity index is 0.938. The number of anilines is 4. The third kappa shape index (κ3) is 5.84. The number of rotatable bonds is 8. The number of imidazole rings is 1. The minimum Gasteiger partial charge on any atom is -0.458 e. The Kier molecular flexibility index (Phi) is 8.45. The van der Waals surface area contributed by atoms with E-state index in [9.17, 15) is 0 Å². The number of nitrogens with zero attached hydrogens (tertiary/aromatic N) is 6. The standard InChI is InChI=1S/C54H37BN6O/c1-4-18-39(19-5-1)55-60(41-22-8-3-9-23-41)52-34-17-35-56-54(52)61(55)43-25-15-27-45(37-43)62-44-26-14-24-42(36-44)57-38-58(50-32-13-12-31-49(50)57)51-33-16-29-47-46-28-10-11-30-48(46)59(53(47)51)40-20-6-2-7-21-40/h1-37H. The molecule has 62 heavy (non-hydrogen) atoms. The molecule has 8 aromatic carbocycles. The van der Waals surface area contributed by atoms with Crippen molar-refractivity contribution in [2.75, 3.05) is 9.62 Å². The van der Waals surface area contributed by atoms with Gasteiger partial charge >= 0.3 is 6.98 Å². The molecule has 3 aromatic heterocycles. The lowest BCUT2D eigenvalue weighted by Gasteiger charge is -2.29. The summed E-state index contributed by atoms with van der Waals surface area (Å²) in [7, 11) is 0. The first-order chi connectivity index (χ1) is 30.8. The van der Waals surface area contributed by atoms with Gasteiger partial charge in [0.2, 0.25) is 0 Å². The maximum absolute atomic E-state index is 6.74. The zero-order chi connectivity index (χ0) is 41.0. The van der Waals surface area contributed by atoms with Crippen LogP contribution in [0.25, 0.3) is 49.9 Å². The van der Waals surface area contributed by atoms with E-state index < -0.39 is 0 Å². The molecule has 0 fully saturated rings. The van der Waals surface area contributed by atoms with Crippen LogP contribution in [0.5, 0.6) is 11.5 Å². The van der Waals surface area contributed by atoms with Gasteiger partial charge in [0.1, 0.15) is 17.3 Å². The molecule has 0 bridgehead atoms. The lowest BCUT2D eigenvalue weighted by molar-refractivity contribution is -0.571. The van der Waals surface area contributed by atoms with Crippen LogP contribution in [0, 0.1) is 6.33 Å². The summed E-state index contributed by atoms with van der Waals surface area (Å²) in [6, 6.07) is 76.1. The van der Waals surface area contributed by atoms with Gasteiger partial charge in [0, 0.05) is 40.1 Å². The number of fused-ring (bicyclic) bond motifs is 5. The first-order valence-corrected chi connectivity index (χ1v) is 20.8. The zero-order valence-electron chi connectivity index (χ0n) is 33.5. The number of benzene rings is 8. The minimum atomic E-state index is -0.175. The maximum atomic E-state index is 6.74. The average Bonchev–Trinajstić information content (AvgIpc) is 4.01. The van der Waals surface area contributed by atoms with Gasteiger partial charge in [-0.25, -0.2) is 4.98 Å². The van der Waals surface area contributed by atoms with Crippen molar-refractivity contribution in [3.63, 3.8) is 0 Å². The van der Waals surface area contributed by atoms with Crippen LogP contribution < -0.4 is 24.4 Å². The van der Waals surface area contributed by atoms with Gasteiger partial charge < -0.3 is 18.9 Å². The quantitative estimate of drug-likeness (QED) is 0.0873. The van der Waals surface area contributed by atoms with Gasteiger partial charge in [-0.15, -0.1) is 0 Å². The van der Waals surface area contributed by atoms with Crippen molar-refractivity contribution < 1.29 is 9.30 Å². The van der Waals surface area contributed by atoms with E-state index in [0.717, 1.165) is 73.2 Å². The van der Waals surface area contributed by atoms with E-state index in [1.807, 2.05) is 30.5 Å². The van der Waals surface area contributed by atoms with Crippen LogP contribution in [0.15, 0.2) is 225 Å². The first-order valence-electron chi connectivity index (χ1n) is 20.8. The van der Waals surface area contributed by atoms with Crippen molar-refractivity contribution in [3.8, 4) is 28.6 Å². The SMILES string of the molecule is [c-]1n(-c2cccc(Oc3cccc(N4B(c5ccccc5)N(c5ccccc5)c5cccnc54)c3)c2)c2ccccc2[n+]1-c1cccc2c3ccccc3n(-c3ccccc3)c12. The van der Waals surface area contributed by atoms with Crippen LogP contribution in [0.1, 0.15) is 0 Å². The van der Waals surface area contributed by atoms with Crippen LogP contribution in [0.4, 0.5) is 22.9 Å². The van der Waals surface area contributed by atoms with Crippen molar-refractivity contribution in [3.05, 3.63) is 231 Å². The molecule has 8 heteroatoms. The molecule has 12 rings (SSSR count).